The molecule has 1 heterocycles. The maximum absolute atomic E-state index is 13.8. The van der Waals surface area contributed by atoms with Crippen molar-refractivity contribution in [3.05, 3.63) is 35.4 Å². The first-order chi connectivity index (χ1) is 9.43. The summed E-state index contributed by atoms with van der Waals surface area (Å²) in [6.07, 6.45) is 0. The fourth-order valence-corrected chi connectivity index (χ4v) is 1.90. The van der Waals surface area contributed by atoms with Crippen LogP contribution in [0.25, 0.3) is 11.3 Å². The molecule has 20 heavy (non-hydrogen) atoms. The third kappa shape index (κ3) is 2.57. The van der Waals surface area contributed by atoms with E-state index in [2.05, 4.69) is 9.97 Å². The highest BCUT2D eigenvalue weighted by Crippen LogP contribution is 2.29. The maximum atomic E-state index is 13.8. The van der Waals surface area contributed by atoms with Gasteiger partial charge in [0.15, 0.2) is 11.6 Å². The number of aromatic nitrogens is 2. The maximum Gasteiger partial charge on any atom is 0.165 e. The molecular formula is C15H18FN3O. The summed E-state index contributed by atoms with van der Waals surface area (Å²) in [6.45, 7) is 5.81. The zero-order chi connectivity index (χ0) is 14.9. The van der Waals surface area contributed by atoms with Crippen molar-refractivity contribution >= 4 is 5.82 Å². The number of hydrogen-bond acceptors (Lipinski definition) is 4. The lowest BCUT2D eigenvalue weighted by Crippen LogP contribution is -2.06. The summed E-state index contributed by atoms with van der Waals surface area (Å²) in [5, 5.41) is 0. The highest BCUT2D eigenvalue weighted by Gasteiger charge is 2.14. The molecule has 2 rings (SSSR count). The Morgan fingerprint density at radius 3 is 2.50 bits per heavy atom. The zero-order valence-corrected chi connectivity index (χ0v) is 12.1. The molecule has 1 aromatic carbocycles. The number of benzene rings is 1. The molecule has 1 aromatic heterocycles. The van der Waals surface area contributed by atoms with Crippen molar-refractivity contribution in [3.63, 3.8) is 0 Å². The van der Waals surface area contributed by atoms with Gasteiger partial charge in [-0.1, -0.05) is 13.8 Å². The number of hydrogen-bond donors (Lipinski definition) is 1. The Balaban J connectivity index is 2.59. The minimum atomic E-state index is -0.423. The van der Waals surface area contributed by atoms with E-state index in [0.717, 1.165) is 5.56 Å². The van der Waals surface area contributed by atoms with Gasteiger partial charge in [-0.3, -0.25) is 0 Å². The van der Waals surface area contributed by atoms with E-state index < -0.39 is 5.82 Å². The lowest BCUT2D eigenvalue weighted by atomic mass is 10.1. The van der Waals surface area contributed by atoms with Crippen LogP contribution in [0.15, 0.2) is 18.2 Å². The highest BCUT2D eigenvalue weighted by atomic mass is 19.1. The Hall–Kier alpha value is -2.17. The van der Waals surface area contributed by atoms with E-state index in [1.165, 1.54) is 13.2 Å². The number of anilines is 1. The minimum Gasteiger partial charge on any atom is -0.494 e. The summed E-state index contributed by atoms with van der Waals surface area (Å²) in [4.78, 5) is 8.76. The van der Waals surface area contributed by atoms with Gasteiger partial charge in [-0.25, -0.2) is 14.4 Å². The van der Waals surface area contributed by atoms with Gasteiger partial charge in [-0.05, 0) is 25.1 Å². The van der Waals surface area contributed by atoms with Gasteiger partial charge in [0.1, 0.15) is 11.6 Å². The van der Waals surface area contributed by atoms with E-state index in [9.17, 15) is 4.39 Å². The SMILES string of the molecule is COc1ccc(-c2nc(C(C)C)nc(N)c2C)cc1F. The van der Waals surface area contributed by atoms with Gasteiger partial charge >= 0.3 is 0 Å². The van der Waals surface area contributed by atoms with E-state index in [4.69, 9.17) is 10.5 Å². The fraction of sp³-hybridized carbons (Fsp3) is 0.333. The molecular weight excluding hydrogens is 257 g/mol. The molecule has 0 saturated carbocycles. The van der Waals surface area contributed by atoms with Gasteiger partial charge in [0.05, 0.1) is 12.8 Å². The largest absolute Gasteiger partial charge is 0.494 e. The molecule has 0 fully saturated rings. The third-order valence-corrected chi connectivity index (χ3v) is 3.14. The molecule has 0 spiro atoms. The number of rotatable bonds is 3. The minimum absolute atomic E-state index is 0.153. The molecule has 0 aliphatic carbocycles. The van der Waals surface area contributed by atoms with E-state index in [1.807, 2.05) is 20.8 Å². The molecule has 0 aliphatic rings. The van der Waals surface area contributed by atoms with E-state index in [0.29, 0.717) is 22.9 Å². The summed E-state index contributed by atoms with van der Waals surface area (Å²) in [7, 11) is 1.43. The summed E-state index contributed by atoms with van der Waals surface area (Å²) in [6, 6.07) is 4.75. The Kier molecular flexibility index (Phi) is 3.88. The van der Waals surface area contributed by atoms with Gasteiger partial charge in [0.25, 0.3) is 0 Å². The first-order valence-corrected chi connectivity index (χ1v) is 6.42. The lowest BCUT2D eigenvalue weighted by molar-refractivity contribution is 0.386. The lowest BCUT2D eigenvalue weighted by Gasteiger charge is -2.12. The number of nitrogen functional groups attached to an aromatic ring is 1. The van der Waals surface area contributed by atoms with E-state index >= 15 is 0 Å². The van der Waals surface area contributed by atoms with Gasteiger partial charge in [0, 0.05) is 17.0 Å². The second kappa shape index (κ2) is 5.45. The summed E-state index contributed by atoms with van der Waals surface area (Å²) < 4.78 is 18.7. The molecule has 0 unspecified atom stereocenters. The van der Waals surface area contributed by atoms with Gasteiger partial charge in [0.2, 0.25) is 0 Å². The second-order valence-electron chi connectivity index (χ2n) is 4.94. The summed E-state index contributed by atoms with van der Waals surface area (Å²) >= 11 is 0. The van der Waals surface area contributed by atoms with E-state index in [-0.39, 0.29) is 11.7 Å². The Labute approximate surface area is 117 Å². The van der Waals surface area contributed by atoms with Gasteiger partial charge in [-0.15, -0.1) is 0 Å². The molecule has 5 heteroatoms. The van der Waals surface area contributed by atoms with Crippen LogP contribution in [0.5, 0.6) is 5.75 Å². The van der Waals surface area contributed by atoms with Crippen LogP contribution in [0.2, 0.25) is 0 Å². The van der Waals surface area contributed by atoms with Crippen molar-refractivity contribution < 1.29 is 9.13 Å². The Morgan fingerprint density at radius 1 is 1.25 bits per heavy atom. The fourth-order valence-electron chi connectivity index (χ4n) is 1.90. The molecule has 2 N–H and O–H groups in total. The summed E-state index contributed by atoms with van der Waals surface area (Å²) in [5.41, 5.74) is 7.99. The molecule has 106 valence electrons. The predicted molar refractivity (Wildman–Crippen MR) is 77.2 cm³/mol. The topological polar surface area (TPSA) is 61.0 Å². The van der Waals surface area contributed by atoms with Crippen LogP contribution in [0.4, 0.5) is 10.2 Å². The van der Waals surface area contributed by atoms with Gasteiger partial charge < -0.3 is 10.5 Å². The predicted octanol–water partition coefficient (Wildman–Crippen LogP) is 3.31. The van der Waals surface area contributed by atoms with Crippen LogP contribution in [0.3, 0.4) is 0 Å². The molecule has 0 atom stereocenters. The highest BCUT2D eigenvalue weighted by molar-refractivity contribution is 5.68. The van der Waals surface area contributed by atoms with Crippen molar-refractivity contribution in [1.29, 1.82) is 0 Å². The van der Waals surface area contributed by atoms with Crippen LogP contribution >= 0.6 is 0 Å². The molecule has 0 bridgehead atoms. The van der Waals surface area contributed by atoms with Crippen LogP contribution < -0.4 is 10.5 Å². The molecule has 0 radical (unpaired) electrons. The monoisotopic (exact) mass is 275 g/mol. The summed E-state index contributed by atoms with van der Waals surface area (Å²) in [5.74, 6) is 1.01. The second-order valence-corrected chi connectivity index (χ2v) is 4.94. The van der Waals surface area contributed by atoms with E-state index in [1.54, 1.807) is 12.1 Å². The van der Waals surface area contributed by atoms with Crippen molar-refractivity contribution in [2.45, 2.75) is 26.7 Å². The molecule has 4 nitrogen and oxygen atoms in total. The van der Waals surface area contributed by atoms with Crippen molar-refractivity contribution in [2.24, 2.45) is 0 Å². The van der Waals surface area contributed by atoms with Crippen LogP contribution in [-0.4, -0.2) is 17.1 Å². The zero-order valence-electron chi connectivity index (χ0n) is 12.1. The number of nitrogens with zero attached hydrogens (tertiary/aromatic N) is 2. The number of ether oxygens (including phenoxy) is 1. The van der Waals surface area contributed by atoms with Crippen LogP contribution in [0.1, 0.15) is 31.2 Å². The van der Waals surface area contributed by atoms with Crippen molar-refractivity contribution in [1.82, 2.24) is 9.97 Å². The standard InChI is InChI=1S/C15H18FN3O/c1-8(2)15-18-13(9(3)14(17)19-15)10-5-6-12(20-4)11(16)7-10/h5-8H,1-4H3,(H2,17,18,19). The number of halogens is 1. The van der Waals surface area contributed by atoms with Gasteiger partial charge in [-0.2, -0.15) is 0 Å². The molecule has 0 amide bonds. The van der Waals surface area contributed by atoms with Crippen LogP contribution in [0, 0.1) is 12.7 Å². The first-order valence-electron chi connectivity index (χ1n) is 6.42. The normalized spacial score (nSPS) is 10.9. The quantitative estimate of drug-likeness (QED) is 0.933. The molecule has 0 saturated heterocycles. The Bertz CT molecular complexity index is 641. The Morgan fingerprint density at radius 2 is 1.95 bits per heavy atom. The third-order valence-electron chi connectivity index (χ3n) is 3.14. The van der Waals surface area contributed by atoms with Crippen molar-refractivity contribution in [2.75, 3.05) is 12.8 Å². The van der Waals surface area contributed by atoms with Crippen LogP contribution in [-0.2, 0) is 0 Å². The molecule has 2 aromatic rings. The average molecular weight is 275 g/mol. The first kappa shape index (κ1) is 14.2. The number of nitrogens with two attached hydrogens (primary N) is 1. The van der Waals surface area contributed by atoms with Crippen molar-refractivity contribution in [3.8, 4) is 17.0 Å². The molecule has 0 aliphatic heterocycles. The number of methoxy groups -OCH3 is 1. The average Bonchev–Trinajstić information content (AvgIpc) is 2.41. The smallest absolute Gasteiger partial charge is 0.165 e.